The van der Waals surface area contributed by atoms with Crippen LogP contribution in [-0.4, -0.2) is 0 Å². The fourth-order valence-corrected chi connectivity index (χ4v) is 1.92. The molecule has 0 unspecified atom stereocenters. The summed E-state index contributed by atoms with van der Waals surface area (Å²) < 4.78 is 0. The Hall–Kier alpha value is -0.780. The zero-order valence-electron chi connectivity index (χ0n) is 11.4. The van der Waals surface area contributed by atoms with Crippen LogP contribution in [-0.2, 0) is 0 Å². The summed E-state index contributed by atoms with van der Waals surface area (Å²) in [5.41, 5.74) is 4.97. The molecule has 90 valence electrons. The van der Waals surface area contributed by atoms with Crippen LogP contribution >= 0.6 is 0 Å². The molecule has 1 fully saturated rings. The summed E-state index contributed by atoms with van der Waals surface area (Å²) in [4.78, 5) is 0. The van der Waals surface area contributed by atoms with Crippen LogP contribution in [0.2, 0.25) is 0 Å². The van der Waals surface area contributed by atoms with E-state index in [1.165, 1.54) is 31.3 Å². The molecule has 0 aromatic heterocycles. The molecule has 0 radical (unpaired) electrons. The van der Waals surface area contributed by atoms with E-state index < -0.39 is 0 Å². The Kier molecular flexibility index (Phi) is 4.58. The molecule has 0 bridgehead atoms. The smallest absolute Gasteiger partial charge is 0.0175 e. The minimum Gasteiger partial charge on any atom is -0.103 e. The van der Waals surface area contributed by atoms with Crippen molar-refractivity contribution in [2.45, 2.75) is 59.8 Å². The van der Waals surface area contributed by atoms with Gasteiger partial charge in [0.05, 0.1) is 0 Å². The zero-order chi connectivity index (χ0) is 12.2. The molecule has 1 saturated carbocycles. The van der Waals surface area contributed by atoms with Crippen LogP contribution in [0.1, 0.15) is 59.8 Å². The van der Waals surface area contributed by atoms with Crippen molar-refractivity contribution >= 4 is 0 Å². The molecule has 1 aliphatic carbocycles. The maximum atomic E-state index is 3.89. The second-order valence-corrected chi connectivity index (χ2v) is 5.70. The topological polar surface area (TPSA) is 0 Å². The van der Waals surface area contributed by atoms with Gasteiger partial charge in [0, 0.05) is 0 Å². The third-order valence-corrected chi connectivity index (χ3v) is 3.87. The van der Waals surface area contributed by atoms with Crippen molar-refractivity contribution in [2.75, 3.05) is 0 Å². The quantitative estimate of drug-likeness (QED) is 0.540. The highest BCUT2D eigenvalue weighted by molar-refractivity contribution is 5.34. The Bertz CT molecular complexity index is 307. The molecule has 16 heavy (non-hydrogen) atoms. The summed E-state index contributed by atoms with van der Waals surface area (Å²) in [6.07, 6.45) is 10.9. The molecule has 0 heterocycles. The Morgan fingerprint density at radius 3 is 2.38 bits per heavy atom. The highest BCUT2D eigenvalue weighted by Crippen LogP contribution is 2.32. The van der Waals surface area contributed by atoms with E-state index in [4.69, 9.17) is 0 Å². The van der Waals surface area contributed by atoms with Gasteiger partial charge in [0.1, 0.15) is 0 Å². The van der Waals surface area contributed by atoms with E-state index in [2.05, 4.69) is 46.4 Å². The van der Waals surface area contributed by atoms with E-state index in [0.717, 1.165) is 6.42 Å². The highest BCUT2D eigenvalue weighted by Gasteiger charge is 2.13. The van der Waals surface area contributed by atoms with Crippen LogP contribution in [0.15, 0.2) is 35.5 Å². The molecule has 0 aromatic carbocycles. The number of hydrogen-bond acceptors (Lipinski definition) is 0. The van der Waals surface area contributed by atoms with Crippen molar-refractivity contribution in [1.82, 2.24) is 0 Å². The zero-order valence-corrected chi connectivity index (χ0v) is 11.4. The van der Waals surface area contributed by atoms with Crippen molar-refractivity contribution in [3.8, 4) is 0 Å². The number of hydrogen-bond donors (Lipinski definition) is 0. The fourth-order valence-electron chi connectivity index (χ4n) is 1.92. The van der Waals surface area contributed by atoms with Gasteiger partial charge in [-0.3, -0.25) is 0 Å². The van der Waals surface area contributed by atoms with Gasteiger partial charge in [-0.05, 0) is 56.9 Å². The molecule has 1 rings (SSSR count). The van der Waals surface area contributed by atoms with Crippen LogP contribution in [0, 0.1) is 5.41 Å². The van der Waals surface area contributed by atoms with Crippen molar-refractivity contribution in [2.24, 2.45) is 5.41 Å². The summed E-state index contributed by atoms with van der Waals surface area (Å²) in [7, 11) is 0. The lowest BCUT2D eigenvalue weighted by molar-refractivity contribution is 0.443. The molecule has 0 amide bonds. The molecule has 0 aromatic rings. The monoisotopic (exact) mass is 218 g/mol. The standard InChI is InChI=1S/C16H26/c1-6-16(4,5)12-8-9-13(2)14(3)15-10-7-11-15/h6,9H,1,7-8,10-12H2,2-5H3. The van der Waals surface area contributed by atoms with E-state index in [9.17, 15) is 0 Å². The summed E-state index contributed by atoms with van der Waals surface area (Å²) in [5.74, 6) is 0. The average molecular weight is 218 g/mol. The van der Waals surface area contributed by atoms with E-state index >= 15 is 0 Å². The molecule has 0 nitrogen and oxygen atoms in total. The van der Waals surface area contributed by atoms with Gasteiger partial charge in [-0.15, -0.1) is 6.58 Å². The Morgan fingerprint density at radius 2 is 1.94 bits per heavy atom. The predicted octanol–water partition coefficient (Wildman–Crippen LogP) is 5.43. The van der Waals surface area contributed by atoms with Crippen LogP contribution in [0.5, 0.6) is 0 Å². The normalized spacial score (nSPS) is 17.0. The Morgan fingerprint density at radius 1 is 1.31 bits per heavy atom. The third kappa shape index (κ3) is 3.66. The van der Waals surface area contributed by atoms with Gasteiger partial charge in [-0.2, -0.15) is 0 Å². The van der Waals surface area contributed by atoms with Gasteiger partial charge in [0.25, 0.3) is 0 Å². The fraction of sp³-hybridized carbons (Fsp3) is 0.625. The van der Waals surface area contributed by atoms with Gasteiger partial charge in [-0.1, -0.05) is 37.1 Å². The number of allylic oxidation sites excluding steroid dienone is 5. The molecule has 0 N–H and O–H groups in total. The van der Waals surface area contributed by atoms with Gasteiger partial charge in [-0.25, -0.2) is 0 Å². The summed E-state index contributed by atoms with van der Waals surface area (Å²) >= 11 is 0. The molecular formula is C16H26. The van der Waals surface area contributed by atoms with Gasteiger partial charge < -0.3 is 0 Å². The number of rotatable bonds is 5. The Labute approximate surface area is 101 Å². The van der Waals surface area contributed by atoms with E-state index in [0.29, 0.717) is 0 Å². The minimum absolute atomic E-state index is 0.272. The second kappa shape index (κ2) is 5.52. The molecule has 1 aliphatic rings. The average Bonchev–Trinajstić information content (AvgIpc) is 2.14. The lowest BCUT2D eigenvalue weighted by atomic mass is 9.85. The maximum Gasteiger partial charge on any atom is -0.0175 e. The van der Waals surface area contributed by atoms with E-state index in [1.54, 1.807) is 11.1 Å². The highest BCUT2D eigenvalue weighted by atomic mass is 14.2. The Balaban J connectivity index is 2.48. The summed E-state index contributed by atoms with van der Waals surface area (Å²) in [6, 6.07) is 0. The summed E-state index contributed by atoms with van der Waals surface area (Å²) in [5, 5.41) is 0. The molecule has 0 atom stereocenters. The first-order chi connectivity index (χ1) is 7.46. The third-order valence-electron chi connectivity index (χ3n) is 3.87. The lowest BCUT2D eigenvalue weighted by Gasteiger charge is -2.21. The first-order valence-electron chi connectivity index (χ1n) is 6.45. The molecular weight excluding hydrogens is 192 g/mol. The van der Waals surface area contributed by atoms with Crippen molar-refractivity contribution in [3.05, 3.63) is 35.5 Å². The minimum atomic E-state index is 0.272. The van der Waals surface area contributed by atoms with Crippen molar-refractivity contribution in [1.29, 1.82) is 0 Å². The molecule has 0 heteroatoms. The van der Waals surface area contributed by atoms with Crippen LogP contribution in [0.3, 0.4) is 0 Å². The van der Waals surface area contributed by atoms with Crippen LogP contribution < -0.4 is 0 Å². The summed E-state index contributed by atoms with van der Waals surface area (Å²) in [6.45, 7) is 12.9. The van der Waals surface area contributed by atoms with Crippen molar-refractivity contribution in [3.63, 3.8) is 0 Å². The van der Waals surface area contributed by atoms with Gasteiger partial charge >= 0.3 is 0 Å². The first-order valence-corrected chi connectivity index (χ1v) is 6.45. The van der Waals surface area contributed by atoms with Crippen LogP contribution in [0.4, 0.5) is 0 Å². The molecule has 0 spiro atoms. The van der Waals surface area contributed by atoms with Gasteiger partial charge in [0.2, 0.25) is 0 Å². The molecule has 0 aliphatic heterocycles. The molecule has 0 saturated heterocycles. The maximum absolute atomic E-state index is 3.89. The van der Waals surface area contributed by atoms with E-state index in [-0.39, 0.29) is 5.41 Å². The van der Waals surface area contributed by atoms with Gasteiger partial charge in [0.15, 0.2) is 0 Å². The largest absolute Gasteiger partial charge is 0.103 e. The van der Waals surface area contributed by atoms with E-state index in [1.807, 2.05) is 0 Å². The second-order valence-electron chi connectivity index (χ2n) is 5.70. The lowest BCUT2D eigenvalue weighted by Crippen LogP contribution is -2.05. The first kappa shape index (κ1) is 13.3. The SMILES string of the molecule is C=CC(C)(C)CCC=C(C)C(C)=C1CCC1. The van der Waals surface area contributed by atoms with Crippen LogP contribution in [0.25, 0.3) is 0 Å². The van der Waals surface area contributed by atoms with Crippen molar-refractivity contribution < 1.29 is 0 Å². The predicted molar refractivity (Wildman–Crippen MR) is 73.5 cm³/mol.